The average Bonchev–Trinajstić information content (AvgIpc) is 3.37. The second-order valence-electron chi connectivity index (χ2n) is 6.80. The lowest BCUT2D eigenvalue weighted by molar-refractivity contribution is 0.467. The van der Waals surface area contributed by atoms with Crippen molar-refractivity contribution in [1.29, 1.82) is 0 Å². The van der Waals surface area contributed by atoms with Crippen LogP contribution in [-0.4, -0.2) is 18.2 Å². The quantitative estimate of drug-likeness (QED) is 0.533. The first-order valence-corrected chi connectivity index (χ1v) is 12.0. The van der Waals surface area contributed by atoms with E-state index in [9.17, 15) is 8.42 Å². The number of hydrogen-bond acceptors (Lipinski definition) is 4. The molecule has 0 radical (unpaired) electrons. The lowest BCUT2D eigenvalue weighted by Gasteiger charge is -2.11. The molecule has 0 bridgehead atoms. The van der Waals surface area contributed by atoms with Gasteiger partial charge in [0.1, 0.15) is 10.6 Å². The van der Waals surface area contributed by atoms with Gasteiger partial charge < -0.3 is 0 Å². The molecule has 2 aromatic heterocycles. The molecule has 3 aromatic rings. The number of aromatic nitrogens is 2. The molecule has 0 aliphatic heterocycles. The highest BCUT2D eigenvalue weighted by atomic mass is 79.9. The predicted molar refractivity (Wildman–Crippen MR) is 113 cm³/mol. The number of hydrogen-bond donors (Lipinski definition) is 1. The number of thiophene rings is 1. The van der Waals surface area contributed by atoms with E-state index in [1.54, 1.807) is 12.3 Å². The predicted octanol–water partition coefficient (Wildman–Crippen LogP) is 5.60. The molecular weight excluding hydrogens is 446 g/mol. The van der Waals surface area contributed by atoms with E-state index < -0.39 is 10.0 Å². The minimum Gasteiger partial charge on any atom is -0.279 e. The van der Waals surface area contributed by atoms with Gasteiger partial charge in [-0.05, 0) is 55.0 Å². The molecule has 0 unspecified atom stereocenters. The van der Waals surface area contributed by atoms with Crippen molar-refractivity contribution < 1.29 is 8.42 Å². The molecule has 8 heteroatoms. The number of nitrogens with one attached hydrogen (secondary N) is 1. The molecule has 0 atom stereocenters. The minimum absolute atomic E-state index is 0.235. The van der Waals surface area contributed by atoms with Gasteiger partial charge in [-0.15, -0.1) is 11.3 Å². The summed E-state index contributed by atoms with van der Waals surface area (Å²) in [6, 6.07) is 9.59. The van der Waals surface area contributed by atoms with Crippen LogP contribution in [-0.2, 0) is 10.0 Å². The van der Waals surface area contributed by atoms with Crippen LogP contribution in [0.2, 0.25) is 0 Å². The van der Waals surface area contributed by atoms with Crippen LogP contribution in [0, 0.1) is 6.92 Å². The number of sulfonamides is 1. The highest BCUT2D eigenvalue weighted by Gasteiger charge is 2.28. The molecule has 2 heterocycles. The standard InChI is InChI=1S/C19H20BrN3O2S2/c1-13-11-14(20)8-9-16(13)22-27(24,25)18-12-23(15-5-2-3-6-15)21-19(18)17-7-4-10-26-17/h4,7-12,15,22H,2-3,5-6H2,1H3. The molecular formula is C19H20BrN3O2S2. The summed E-state index contributed by atoms with van der Waals surface area (Å²) in [6.45, 7) is 1.88. The maximum atomic E-state index is 13.2. The van der Waals surface area contributed by atoms with E-state index in [-0.39, 0.29) is 10.9 Å². The summed E-state index contributed by atoms with van der Waals surface area (Å²) in [6.07, 6.45) is 6.12. The fraction of sp³-hybridized carbons (Fsp3) is 0.316. The normalized spacial score (nSPS) is 15.3. The largest absolute Gasteiger partial charge is 0.279 e. The topological polar surface area (TPSA) is 64.0 Å². The van der Waals surface area contributed by atoms with Gasteiger partial charge >= 0.3 is 0 Å². The van der Waals surface area contributed by atoms with Crippen LogP contribution in [0.15, 0.2) is 51.3 Å². The summed E-state index contributed by atoms with van der Waals surface area (Å²) in [7, 11) is -3.76. The minimum atomic E-state index is -3.76. The van der Waals surface area contributed by atoms with E-state index in [0.29, 0.717) is 11.4 Å². The Balaban J connectivity index is 1.76. The van der Waals surface area contributed by atoms with E-state index in [1.807, 2.05) is 41.3 Å². The van der Waals surface area contributed by atoms with Crippen molar-refractivity contribution in [3.8, 4) is 10.6 Å². The Morgan fingerprint density at radius 2 is 2.04 bits per heavy atom. The van der Waals surface area contributed by atoms with Gasteiger partial charge in [0.05, 0.1) is 16.6 Å². The molecule has 0 saturated heterocycles. The SMILES string of the molecule is Cc1cc(Br)ccc1NS(=O)(=O)c1cn(C2CCCC2)nc1-c1cccs1. The Kier molecular flexibility index (Phi) is 5.13. The van der Waals surface area contributed by atoms with Crippen LogP contribution < -0.4 is 4.72 Å². The molecule has 1 aliphatic rings. The van der Waals surface area contributed by atoms with Crippen LogP contribution >= 0.6 is 27.3 Å². The van der Waals surface area contributed by atoms with Crippen molar-refractivity contribution in [2.24, 2.45) is 0 Å². The van der Waals surface area contributed by atoms with Crippen molar-refractivity contribution in [3.63, 3.8) is 0 Å². The Hall–Kier alpha value is -1.64. The lowest BCUT2D eigenvalue weighted by atomic mass is 10.2. The van der Waals surface area contributed by atoms with Gasteiger partial charge in [-0.25, -0.2) is 8.42 Å². The van der Waals surface area contributed by atoms with E-state index in [0.717, 1.165) is 40.6 Å². The third-order valence-electron chi connectivity index (χ3n) is 4.87. The Morgan fingerprint density at radius 3 is 2.70 bits per heavy atom. The molecule has 1 fully saturated rings. The molecule has 4 rings (SSSR count). The summed E-state index contributed by atoms with van der Waals surface area (Å²) in [4.78, 5) is 1.10. The van der Waals surface area contributed by atoms with Crippen molar-refractivity contribution >= 4 is 43.0 Å². The Bertz CT molecular complexity index is 1050. The van der Waals surface area contributed by atoms with Crippen LogP contribution in [0.25, 0.3) is 10.6 Å². The van der Waals surface area contributed by atoms with Gasteiger partial charge in [-0.2, -0.15) is 5.10 Å². The Labute approximate surface area is 171 Å². The second kappa shape index (κ2) is 7.41. The highest BCUT2D eigenvalue weighted by Crippen LogP contribution is 2.35. The molecule has 1 saturated carbocycles. The number of nitrogens with zero attached hydrogens (tertiary/aromatic N) is 2. The van der Waals surface area contributed by atoms with Gasteiger partial charge in [0.15, 0.2) is 0 Å². The Morgan fingerprint density at radius 1 is 1.26 bits per heavy atom. The monoisotopic (exact) mass is 465 g/mol. The summed E-state index contributed by atoms with van der Waals surface area (Å²) in [5, 5.41) is 6.62. The second-order valence-corrected chi connectivity index (χ2v) is 10.3. The molecule has 142 valence electrons. The van der Waals surface area contributed by atoms with Crippen LogP contribution in [0.4, 0.5) is 5.69 Å². The number of aryl methyl sites for hydroxylation is 1. The zero-order chi connectivity index (χ0) is 19.0. The molecule has 5 nitrogen and oxygen atoms in total. The summed E-state index contributed by atoms with van der Waals surface area (Å²) < 4.78 is 31.9. The molecule has 0 amide bonds. The van der Waals surface area contributed by atoms with E-state index in [2.05, 4.69) is 25.8 Å². The lowest BCUT2D eigenvalue weighted by Crippen LogP contribution is -2.14. The first kappa shape index (κ1) is 18.7. The summed E-state index contributed by atoms with van der Waals surface area (Å²) >= 11 is 4.91. The zero-order valence-electron chi connectivity index (χ0n) is 14.9. The maximum absolute atomic E-state index is 13.2. The van der Waals surface area contributed by atoms with E-state index in [4.69, 9.17) is 0 Å². The van der Waals surface area contributed by atoms with Gasteiger partial charge in [0, 0.05) is 10.7 Å². The molecule has 1 aliphatic carbocycles. The number of halogens is 1. The third kappa shape index (κ3) is 3.83. The van der Waals surface area contributed by atoms with E-state index in [1.165, 1.54) is 11.3 Å². The van der Waals surface area contributed by atoms with Gasteiger partial charge in [-0.1, -0.05) is 34.8 Å². The molecule has 0 spiro atoms. The fourth-order valence-corrected chi connectivity index (χ4v) is 6.00. The summed E-state index contributed by atoms with van der Waals surface area (Å²) in [5.41, 5.74) is 1.96. The van der Waals surface area contributed by atoms with E-state index >= 15 is 0 Å². The van der Waals surface area contributed by atoms with Crippen LogP contribution in [0.1, 0.15) is 37.3 Å². The maximum Gasteiger partial charge on any atom is 0.265 e. The van der Waals surface area contributed by atoms with Gasteiger partial charge in [-0.3, -0.25) is 9.40 Å². The van der Waals surface area contributed by atoms with Crippen LogP contribution in [0.3, 0.4) is 0 Å². The fourth-order valence-electron chi connectivity index (χ4n) is 3.45. The van der Waals surface area contributed by atoms with Crippen molar-refractivity contribution in [2.45, 2.75) is 43.5 Å². The van der Waals surface area contributed by atoms with Crippen molar-refractivity contribution in [1.82, 2.24) is 9.78 Å². The molecule has 1 N–H and O–H groups in total. The van der Waals surface area contributed by atoms with Gasteiger partial charge in [0.2, 0.25) is 0 Å². The molecule has 27 heavy (non-hydrogen) atoms. The number of anilines is 1. The average molecular weight is 466 g/mol. The van der Waals surface area contributed by atoms with Crippen molar-refractivity contribution in [3.05, 3.63) is 51.9 Å². The smallest absolute Gasteiger partial charge is 0.265 e. The first-order chi connectivity index (χ1) is 12.9. The van der Waals surface area contributed by atoms with Crippen LogP contribution in [0.5, 0.6) is 0 Å². The highest BCUT2D eigenvalue weighted by molar-refractivity contribution is 9.10. The summed E-state index contributed by atoms with van der Waals surface area (Å²) in [5.74, 6) is 0. The van der Waals surface area contributed by atoms with Gasteiger partial charge in [0.25, 0.3) is 10.0 Å². The third-order valence-corrected chi connectivity index (χ3v) is 7.61. The number of benzene rings is 1. The van der Waals surface area contributed by atoms with Crippen molar-refractivity contribution in [2.75, 3.05) is 4.72 Å². The number of rotatable bonds is 5. The molecule has 1 aromatic carbocycles. The zero-order valence-corrected chi connectivity index (χ0v) is 18.1. The first-order valence-electron chi connectivity index (χ1n) is 8.86.